The summed E-state index contributed by atoms with van der Waals surface area (Å²) >= 11 is 0. The first kappa shape index (κ1) is 52.5. The van der Waals surface area contributed by atoms with Crippen molar-refractivity contribution in [2.75, 3.05) is 6.61 Å². The third-order valence-corrected chi connectivity index (χ3v) is 17.6. The van der Waals surface area contributed by atoms with Gasteiger partial charge in [-0.25, -0.2) is 0 Å². The molecule has 3 N–H and O–H groups in total. The van der Waals surface area contributed by atoms with Crippen LogP contribution >= 0.6 is 0 Å². The van der Waals surface area contributed by atoms with Gasteiger partial charge in [-0.05, 0) is 136 Å². The molecule has 1 heterocycles. The maximum Gasteiger partial charge on any atom is 0.305 e. The molecule has 0 amide bonds. The number of rotatable bonds is 27. The fraction of sp³-hybridized carbons (Fsp3) is 0.875. The van der Waals surface area contributed by atoms with E-state index < -0.39 is 30.7 Å². The second-order valence-electron chi connectivity index (χ2n) is 22.3. The number of hydrogen-bond donors (Lipinski definition) is 3. The highest BCUT2D eigenvalue weighted by Gasteiger charge is 2.59. The molecule has 63 heavy (non-hydrogen) atoms. The van der Waals surface area contributed by atoms with Gasteiger partial charge in [0.25, 0.3) is 0 Å². The van der Waals surface area contributed by atoms with Crippen molar-refractivity contribution in [3.05, 3.63) is 36.0 Å². The monoisotopic (exact) mass is 881 g/mol. The van der Waals surface area contributed by atoms with Crippen molar-refractivity contribution in [2.24, 2.45) is 52.3 Å². The Morgan fingerprint density at radius 3 is 2.05 bits per heavy atom. The van der Waals surface area contributed by atoms with Crippen molar-refractivity contribution in [1.82, 2.24) is 0 Å². The van der Waals surface area contributed by atoms with E-state index in [9.17, 15) is 20.1 Å². The van der Waals surface area contributed by atoms with Gasteiger partial charge in [0.2, 0.25) is 0 Å². The van der Waals surface area contributed by atoms with Gasteiger partial charge in [0.1, 0.15) is 31.0 Å². The minimum Gasteiger partial charge on any atom is -0.463 e. The van der Waals surface area contributed by atoms with E-state index in [1.54, 1.807) is 0 Å². The normalized spacial score (nSPS) is 35.4. The van der Waals surface area contributed by atoms with Gasteiger partial charge in [0.15, 0.2) is 6.29 Å². The SMILES string of the molecule is CCCCCCCC/C=C\CCCCCCCCCCCC(=O)OCC1OC(OC2CCC3(C)C(=CCC4C3CCC3(C)C(C(C)/C=C/C(C)C(C)C)CCC43)C2)C(O)C(O)C1O. The molecule has 0 bridgehead atoms. The summed E-state index contributed by atoms with van der Waals surface area (Å²) < 4.78 is 18.1. The van der Waals surface area contributed by atoms with Crippen LogP contribution in [0.15, 0.2) is 36.0 Å². The second kappa shape index (κ2) is 26.1. The molecule has 0 radical (unpaired) electrons. The molecule has 1 aliphatic heterocycles. The average Bonchev–Trinajstić information content (AvgIpc) is 3.63. The van der Waals surface area contributed by atoms with E-state index in [1.165, 1.54) is 121 Å². The van der Waals surface area contributed by atoms with E-state index in [0.29, 0.717) is 35.5 Å². The van der Waals surface area contributed by atoms with Gasteiger partial charge >= 0.3 is 5.97 Å². The van der Waals surface area contributed by atoms with Crippen LogP contribution in [0.2, 0.25) is 0 Å². The summed E-state index contributed by atoms with van der Waals surface area (Å²) in [5.41, 5.74) is 2.05. The average molecular weight is 881 g/mol. The molecule has 14 unspecified atom stereocenters. The number of carbonyl (C=O) groups is 1. The van der Waals surface area contributed by atoms with Gasteiger partial charge in [-0.1, -0.05) is 161 Å². The number of esters is 1. The lowest BCUT2D eigenvalue weighted by Crippen LogP contribution is -2.60. The van der Waals surface area contributed by atoms with E-state index in [-0.39, 0.29) is 24.1 Å². The quantitative estimate of drug-likeness (QED) is 0.0429. The van der Waals surface area contributed by atoms with Crippen molar-refractivity contribution < 1.29 is 34.3 Å². The molecule has 7 heteroatoms. The van der Waals surface area contributed by atoms with Crippen molar-refractivity contribution in [3.63, 3.8) is 0 Å². The molecule has 362 valence electrons. The Morgan fingerprint density at radius 1 is 0.762 bits per heavy atom. The summed E-state index contributed by atoms with van der Waals surface area (Å²) in [6, 6.07) is 0. The zero-order valence-corrected chi connectivity index (χ0v) is 41.5. The number of carbonyl (C=O) groups excluding carboxylic acids is 1. The number of hydrogen-bond acceptors (Lipinski definition) is 7. The number of unbranched alkanes of at least 4 members (excludes halogenated alkanes) is 15. The second-order valence-corrected chi connectivity index (χ2v) is 22.3. The lowest BCUT2D eigenvalue weighted by Gasteiger charge is -2.58. The highest BCUT2D eigenvalue weighted by molar-refractivity contribution is 5.69. The molecular formula is C56H96O7. The van der Waals surface area contributed by atoms with Crippen LogP contribution in [0.3, 0.4) is 0 Å². The lowest BCUT2D eigenvalue weighted by molar-refractivity contribution is -0.313. The van der Waals surface area contributed by atoms with E-state index in [4.69, 9.17) is 14.2 Å². The van der Waals surface area contributed by atoms with Crippen molar-refractivity contribution in [2.45, 2.75) is 252 Å². The fourth-order valence-electron chi connectivity index (χ4n) is 13.0. The summed E-state index contributed by atoms with van der Waals surface area (Å²) in [6.07, 6.45) is 36.6. The summed E-state index contributed by atoms with van der Waals surface area (Å²) in [6.45, 7) is 16.7. The summed E-state index contributed by atoms with van der Waals surface area (Å²) in [7, 11) is 0. The Bertz CT molecular complexity index is 1420. The Kier molecular flexibility index (Phi) is 21.8. The predicted octanol–water partition coefficient (Wildman–Crippen LogP) is 13.4. The van der Waals surface area contributed by atoms with Crippen LogP contribution < -0.4 is 0 Å². The smallest absolute Gasteiger partial charge is 0.305 e. The summed E-state index contributed by atoms with van der Waals surface area (Å²) in [5, 5.41) is 32.6. The van der Waals surface area contributed by atoms with E-state index in [2.05, 4.69) is 78.8 Å². The first-order valence-electron chi connectivity index (χ1n) is 26.8. The number of aliphatic hydroxyl groups is 3. The summed E-state index contributed by atoms with van der Waals surface area (Å²) in [5.74, 6) is 4.54. The van der Waals surface area contributed by atoms with Gasteiger partial charge in [-0.15, -0.1) is 0 Å². The van der Waals surface area contributed by atoms with Gasteiger partial charge in [-0.3, -0.25) is 4.79 Å². The minimum absolute atomic E-state index is 0.149. The molecule has 5 aliphatic rings. The maximum absolute atomic E-state index is 12.7. The number of ether oxygens (including phenoxy) is 3. The van der Waals surface area contributed by atoms with Crippen LogP contribution in [0.5, 0.6) is 0 Å². The Morgan fingerprint density at radius 2 is 1.40 bits per heavy atom. The number of fused-ring (bicyclic) bond motifs is 5. The van der Waals surface area contributed by atoms with E-state index in [1.807, 2.05) is 0 Å². The van der Waals surface area contributed by atoms with Crippen molar-refractivity contribution >= 4 is 5.97 Å². The Hall–Kier alpha value is -1.51. The molecule has 1 saturated heterocycles. The Labute approximate surface area is 386 Å². The van der Waals surface area contributed by atoms with Gasteiger partial charge in [0, 0.05) is 6.42 Å². The fourth-order valence-corrected chi connectivity index (χ4v) is 13.0. The topological polar surface area (TPSA) is 105 Å². The van der Waals surface area contributed by atoms with Crippen LogP contribution in [0, 0.1) is 52.3 Å². The van der Waals surface area contributed by atoms with Gasteiger partial charge < -0.3 is 29.5 Å². The molecule has 4 fully saturated rings. The maximum atomic E-state index is 12.7. The highest BCUT2D eigenvalue weighted by Crippen LogP contribution is 2.67. The van der Waals surface area contributed by atoms with Crippen LogP contribution in [0.25, 0.3) is 0 Å². The predicted molar refractivity (Wildman–Crippen MR) is 258 cm³/mol. The molecule has 4 aliphatic carbocycles. The third kappa shape index (κ3) is 14.5. The zero-order valence-electron chi connectivity index (χ0n) is 41.5. The minimum atomic E-state index is -1.45. The van der Waals surface area contributed by atoms with Crippen LogP contribution in [0.4, 0.5) is 0 Å². The molecule has 5 rings (SSSR count). The molecule has 7 nitrogen and oxygen atoms in total. The van der Waals surface area contributed by atoms with Crippen LogP contribution in [-0.4, -0.2) is 64.7 Å². The standard InChI is InChI=1S/C56H96O7/c1-8-9-10-11-12-13-14-15-16-17-18-19-20-21-22-23-24-25-26-27-50(57)61-39-49-51(58)52(59)53(60)54(63-49)62-44-34-36-55(6)43(38-44)30-31-45-47-33-32-46(56(47,7)37-35-48(45)55)42(5)29-28-41(4)40(2)3/h15-16,28-30,40-42,44-49,51-54,58-60H,8-14,17-27,31-39H2,1-7H3/b16-15-,29-28+. The largest absolute Gasteiger partial charge is 0.463 e. The Balaban J connectivity index is 0.967. The molecule has 14 atom stereocenters. The zero-order chi connectivity index (χ0) is 45.4. The lowest BCUT2D eigenvalue weighted by atomic mass is 9.47. The van der Waals surface area contributed by atoms with Crippen molar-refractivity contribution in [1.29, 1.82) is 0 Å². The van der Waals surface area contributed by atoms with Gasteiger partial charge in [0.05, 0.1) is 6.10 Å². The molecule has 3 saturated carbocycles. The molecular weight excluding hydrogens is 785 g/mol. The molecule has 0 spiro atoms. The highest BCUT2D eigenvalue weighted by atomic mass is 16.7. The van der Waals surface area contributed by atoms with Crippen LogP contribution in [-0.2, 0) is 19.0 Å². The molecule has 0 aromatic heterocycles. The van der Waals surface area contributed by atoms with Crippen molar-refractivity contribution in [3.8, 4) is 0 Å². The first-order valence-corrected chi connectivity index (χ1v) is 26.8. The van der Waals surface area contributed by atoms with E-state index in [0.717, 1.165) is 62.7 Å². The first-order chi connectivity index (χ1) is 30.3. The van der Waals surface area contributed by atoms with Gasteiger partial charge in [-0.2, -0.15) is 0 Å². The van der Waals surface area contributed by atoms with E-state index >= 15 is 0 Å². The van der Waals surface area contributed by atoms with Crippen LogP contribution in [0.1, 0.15) is 215 Å². The number of allylic oxidation sites excluding steroid dienone is 5. The molecule has 0 aromatic carbocycles. The third-order valence-electron chi connectivity index (χ3n) is 17.6. The molecule has 0 aromatic rings. The number of aliphatic hydroxyl groups excluding tert-OH is 3. The summed E-state index contributed by atoms with van der Waals surface area (Å²) in [4.78, 5) is 12.7.